The van der Waals surface area contributed by atoms with E-state index in [2.05, 4.69) is 15.2 Å². The lowest BCUT2D eigenvalue weighted by Gasteiger charge is -2.35. The molecule has 25 heavy (non-hydrogen) atoms. The number of ether oxygens (including phenoxy) is 1. The van der Waals surface area contributed by atoms with E-state index >= 15 is 0 Å². The van der Waals surface area contributed by atoms with E-state index in [1.165, 1.54) is 0 Å². The second-order valence-electron chi connectivity index (χ2n) is 5.89. The largest absolute Gasteiger partial charge is 0.416 e. The fraction of sp³-hybridized carbons (Fsp3) is 0.471. The van der Waals surface area contributed by atoms with Crippen LogP contribution in [0.5, 0.6) is 0 Å². The normalized spacial score (nSPS) is 17.6. The predicted octanol–water partition coefficient (Wildman–Crippen LogP) is 3.33. The van der Waals surface area contributed by atoms with Crippen molar-refractivity contribution in [1.82, 2.24) is 15.2 Å². The van der Waals surface area contributed by atoms with Crippen LogP contribution in [0.3, 0.4) is 0 Å². The Hall–Kier alpha value is -1.48. The van der Waals surface area contributed by atoms with Crippen LogP contribution in [0.2, 0.25) is 0 Å². The summed E-state index contributed by atoms with van der Waals surface area (Å²) >= 11 is 1.54. The number of benzene rings is 1. The molecule has 1 unspecified atom stereocenters. The SMILES string of the molecule is FC(F)(F)c1ccc(C(CNCc2cscn2)N2CCOCC2)cc1. The monoisotopic (exact) mass is 371 g/mol. The van der Waals surface area contributed by atoms with Crippen LogP contribution in [-0.4, -0.2) is 42.7 Å². The fourth-order valence-corrected chi connectivity index (χ4v) is 3.46. The van der Waals surface area contributed by atoms with Crippen molar-refractivity contribution in [3.05, 3.63) is 52.0 Å². The quantitative estimate of drug-likeness (QED) is 0.845. The lowest BCUT2D eigenvalue weighted by molar-refractivity contribution is -0.137. The van der Waals surface area contributed by atoms with Gasteiger partial charge < -0.3 is 10.1 Å². The number of nitrogens with zero attached hydrogens (tertiary/aromatic N) is 2. The van der Waals surface area contributed by atoms with Crippen molar-refractivity contribution < 1.29 is 17.9 Å². The average molecular weight is 371 g/mol. The number of hydrogen-bond donors (Lipinski definition) is 1. The first-order chi connectivity index (χ1) is 12.0. The van der Waals surface area contributed by atoms with E-state index in [-0.39, 0.29) is 6.04 Å². The van der Waals surface area contributed by atoms with Gasteiger partial charge in [-0.05, 0) is 17.7 Å². The van der Waals surface area contributed by atoms with Gasteiger partial charge in [-0.15, -0.1) is 11.3 Å². The third-order valence-corrected chi connectivity index (χ3v) is 4.87. The second kappa shape index (κ2) is 8.27. The summed E-state index contributed by atoms with van der Waals surface area (Å²) in [4.78, 5) is 6.48. The summed E-state index contributed by atoms with van der Waals surface area (Å²) in [7, 11) is 0. The molecule has 0 amide bonds. The number of rotatable bonds is 6. The van der Waals surface area contributed by atoms with Gasteiger partial charge in [0.1, 0.15) is 0 Å². The second-order valence-corrected chi connectivity index (χ2v) is 6.61. The molecule has 8 heteroatoms. The Kier molecular flexibility index (Phi) is 6.06. The minimum atomic E-state index is -4.31. The molecule has 1 fully saturated rings. The lowest BCUT2D eigenvalue weighted by Crippen LogP contribution is -2.42. The van der Waals surface area contributed by atoms with Crippen LogP contribution in [0.25, 0.3) is 0 Å². The fourth-order valence-electron chi connectivity index (χ4n) is 2.90. The first kappa shape index (κ1) is 18.3. The predicted molar refractivity (Wildman–Crippen MR) is 90.4 cm³/mol. The molecule has 0 aliphatic carbocycles. The molecule has 2 aromatic rings. The van der Waals surface area contributed by atoms with Crippen LogP contribution in [-0.2, 0) is 17.5 Å². The molecule has 4 nitrogen and oxygen atoms in total. The average Bonchev–Trinajstić information content (AvgIpc) is 3.12. The smallest absolute Gasteiger partial charge is 0.379 e. The Bertz CT molecular complexity index is 640. The maximum Gasteiger partial charge on any atom is 0.416 e. The minimum Gasteiger partial charge on any atom is -0.379 e. The number of hydrogen-bond acceptors (Lipinski definition) is 5. The molecular weight excluding hydrogens is 351 g/mol. The molecule has 2 heterocycles. The molecule has 3 rings (SSSR count). The Morgan fingerprint density at radius 2 is 1.92 bits per heavy atom. The summed E-state index contributed by atoms with van der Waals surface area (Å²) < 4.78 is 43.8. The van der Waals surface area contributed by atoms with Crippen LogP contribution < -0.4 is 5.32 Å². The van der Waals surface area contributed by atoms with Crippen molar-refractivity contribution >= 4 is 11.3 Å². The summed E-state index contributed by atoms with van der Waals surface area (Å²) in [6.07, 6.45) is -4.31. The van der Waals surface area contributed by atoms with Crippen molar-refractivity contribution in [3.63, 3.8) is 0 Å². The first-order valence-corrected chi connectivity index (χ1v) is 9.05. The molecule has 1 atom stereocenters. The summed E-state index contributed by atoms with van der Waals surface area (Å²) in [5, 5.41) is 5.35. The van der Waals surface area contributed by atoms with Gasteiger partial charge in [0.25, 0.3) is 0 Å². The highest BCUT2D eigenvalue weighted by Gasteiger charge is 2.31. The van der Waals surface area contributed by atoms with Crippen LogP contribution in [0.1, 0.15) is 22.9 Å². The number of morpholine rings is 1. The first-order valence-electron chi connectivity index (χ1n) is 8.11. The van der Waals surface area contributed by atoms with Gasteiger partial charge in [0, 0.05) is 37.6 Å². The Labute approximate surface area is 148 Å². The van der Waals surface area contributed by atoms with E-state index < -0.39 is 11.7 Å². The molecule has 0 bridgehead atoms. The zero-order valence-electron chi connectivity index (χ0n) is 13.6. The van der Waals surface area contributed by atoms with Crippen LogP contribution in [0, 0.1) is 0 Å². The molecule has 1 aromatic carbocycles. The van der Waals surface area contributed by atoms with Crippen LogP contribution in [0.4, 0.5) is 13.2 Å². The highest BCUT2D eigenvalue weighted by molar-refractivity contribution is 7.07. The van der Waals surface area contributed by atoms with E-state index in [9.17, 15) is 13.2 Å². The third kappa shape index (κ3) is 5.01. The number of aromatic nitrogens is 1. The molecule has 136 valence electrons. The molecule has 1 aliphatic rings. The number of halogens is 3. The molecule has 0 saturated carbocycles. The van der Waals surface area contributed by atoms with Gasteiger partial charge in [-0.3, -0.25) is 4.90 Å². The highest BCUT2D eigenvalue weighted by atomic mass is 32.1. The van der Waals surface area contributed by atoms with Crippen LogP contribution >= 0.6 is 11.3 Å². The number of thiazole rings is 1. The van der Waals surface area contributed by atoms with Crippen molar-refractivity contribution in [2.75, 3.05) is 32.8 Å². The highest BCUT2D eigenvalue weighted by Crippen LogP contribution is 2.31. The van der Waals surface area contributed by atoms with E-state index in [1.807, 2.05) is 5.38 Å². The summed E-state index contributed by atoms with van der Waals surface area (Å²) in [6, 6.07) is 5.47. The lowest BCUT2D eigenvalue weighted by atomic mass is 10.0. The molecule has 1 N–H and O–H groups in total. The van der Waals surface area contributed by atoms with E-state index in [1.54, 1.807) is 29.0 Å². The Morgan fingerprint density at radius 3 is 2.52 bits per heavy atom. The van der Waals surface area contributed by atoms with E-state index in [4.69, 9.17) is 4.74 Å². The van der Waals surface area contributed by atoms with E-state index in [0.29, 0.717) is 26.3 Å². The molecule has 0 radical (unpaired) electrons. The standard InChI is InChI=1S/C17H20F3N3OS/c18-17(19,20)14-3-1-13(2-4-14)16(23-5-7-24-8-6-23)10-21-9-15-11-25-12-22-15/h1-4,11-12,16,21H,5-10H2. The minimum absolute atomic E-state index is 0.00446. The van der Waals surface area contributed by atoms with Gasteiger partial charge in [0.05, 0.1) is 30.0 Å². The maximum absolute atomic E-state index is 12.8. The summed E-state index contributed by atoms with van der Waals surface area (Å²) in [5.74, 6) is 0. The molecule has 1 saturated heterocycles. The van der Waals surface area contributed by atoms with Crippen molar-refractivity contribution in [1.29, 1.82) is 0 Å². The molecule has 0 spiro atoms. The Balaban J connectivity index is 1.70. The molecular formula is C17H20F3N3OS. The van der Waals surface area contributed by atoms with Crippen molar-refractivity contribution in [3.8, 4) is 0 Å². The third-order valence-electron chi connectivity index (χ3n) is 4.24. The molecule has 1 aromatic heterocycles. The summed E-state index contributed by atoms with van der Waals surface area (Å²) in [6.45, 7) is 4.11. The zero-order chi connectivity index (χ0) is 17.7. The van der Waals surface area contributed by atoms with Gasteiger partial charge in [-0.2, -0.15) is 13.2 Å². The van der Waals surface area contributed by atoms with Gasteiger partial charge in [0.15, 0.2) is 0 Å². The van der Waals surface area contributed by atoms with Gasteiger partial charge >= 0.3 is 6.18 Å². The van der Waals surface area contributed by atoms with Crippen LogP contribution in [0.15, 0.2) is 35.2 Å². The summed E-state index contributed by atoms with van der Waals surface area (Å²) in [5.41, 5.74) is 3.01. The van der Waals surface area contributed by atoms with E-state index in [0.717, 1.165) is 36.5 Å². The molecule has 1 aliphatic heterocycles. The van der Waals surface area contributed by atoms with Gasteiger partial charge in [-0.25, -0.2) is 4.98 Å². The number of nitrogens with one attached hydrogen (secondary N) is 1. The topological polar surface area (TPSA) is 37.4 Å². The Morgan fingerprint density at radius 1 is 1.20 bits per heavy atom. The number of alkyl halides is 3. The zero-order valence-corrected chi connectivity index (χ0v) is 14.4. The van der Waals surface area contributed by atoms with Gasteiger partial charge in [-0.1, -0.05) is 12.1 Å². The van der Waals surface area contributed by atoms with Crippen molar-refractivity contribution in [2.45, 2.75) is 18.8 Å². The van der Waals surface area contributed by atoms with Gasteiger partial charge in [0.2, 0.25) is 0 Å². The maximum atomic E-state index is 12.8. The van der Waals surface area contributed by atoms with Crippen molar-refractivity contribution in [2.24, 2.45) is 0 Å².